The quantitative estimate of drug-likeness (QED) is 0.410. The molecule has 0 bridgehead atoms. The van der Waals surface area contributed by atoms with Crippen LogP contribution < -0.4 is 4.90 Å². The van der Waals surface area contributed by atoms with E-state index in [2.05, 4.69) is 62.5 Å². The lowest BCUT2D eigenvalue weighted by Crippen LogP contribution is -2.39. The smallest absolute Gasteiger partial charge is 0.337 e. The van der Waals surface area contributed by atoms with Crippen LogP contribution in [0.5, 0.6) is 0 Å². The van der Waals surface area contributed by atoms with Gasteiger partial charge in [-0.3, -0.25) is 9.88 Å². The number of ether oxygens (including phenoxy) is 1. The average Bonchev–Trinajstić information content (AvgIpc) is 3.39. The summed E-state index contributed by atoms with van der Waals surface area (Å²) in [6.45, 7) is 18.3. The number of nitrogens with one attached hydrogen (secondary N) is 1. The van der Waals surface area contributed by atoms with Crippen LogP contribution in [0.15, 0.2) is 18.2 Å². The summed E-state index contributed by atoms with van der Waals surface area (Å²) >= 11 is 0. The number of rotatable bonds is 7. The van der Waals surface area contributed by atoms with Gasteiger partial charge in [-0.1, -0.05) is 37.3 Å². The third kappa shape index (κ3) is 6.43. The topological polar surface area (TPSA) is 120 Å². The van der Waals surface area contributed by atoms with E-state index in [1.165, 1.54) is 11.1 Å². The number of tetrazole rings is 1. The van der Waals surface area contributed by atoms with E-state index in [1.54, 1.807) is 0 Å². The van der Waals surface area contributed by atoms with Gasteiger partial charge in [-0.15, -0.1) is 10.2 Å². The maximum Gasteiger partial charge on any atom is 0.337 e. The highest BCUT2D eigenvalue weighted by Gasteiger charge is 2.36. The highest BCUT2D eigenvalue weighted by atomic mass is 16.5. The first-order valence-corrected chi connectivity index (χ1v) is 14.5. The Morgan fingerprint density at radius 2 is 1.85 bits per heavy atom. The predicted molar refractivity (Wildman–Crippen MR) is 158 cm³/mol. The van der Waals surface area contributed by atoms with Crippen LogP contribution >= 0.6 is 0 Å². The number of H-pyrrole nitrogens is 1. The summed E-state index contributed by atoms with van der Waals surface area (Å²) in [5.74, 6) is -0.302. The van der Waals surface area contributed by atoms with Crippen molar-refractivity contribution in [2.24, 2.45) is 5.41 Å². The van der Waals surface area contributed by atoms with Crippen molar-refractivity contribution in [3.8, 4) is 11.1 Å². The maximum atomic E-state index is 12.7. The zero-order valence-corrected chi connectivity index (χ0v) is 25.4. The van der Waals surface area contributed by atoms with Gasteiger partial charge in [-0.2, -0.15) is 5.21 Å². The zero-order chi connectivity index (χ0) is 29.5. The minimum absolute atomic E-state index is 0.251. The number of nitrogens with zero attached hydrogens (tertiary/aromatic N) is 6. The molecular formula is C31H43N7O3. The summed E-state index contributed by atoms with van der Waals surface area (Å²) in [5, 5.41) is 24.9. The Balaban J connectivity index is 1.60. The molecule has 0 amide bonds. The van der Waals surface area contributed by atoms with Crippen molar-refractivity contribution in [3.05, 3.63) is 52.1 Å². The average molecular weight is 562 g/mol. The van der Waals surface area contributed by atoms with E-state index in [-0.39, 0.29) is 5.41 Å². The van der Waals surface area contributed by atoms with E-state index in [9.17, 15) is 9.90 Å². The lowest BCUT2D eigenvalue weighted by atomic mass is 9.81. The van der Waals surface area contributed by atoms with Crippen LogP contribution in [-0.4, -0.2) is 66.8 Å². The van der Waals surface area contributed by atoms with Gasteiger partial charge in [0, 0.05) is 48.7 Å². The number of aliphatic carboxylic acids is 1. The van der Waals surface area contributed by atoms with E-state index < -0.39 is 17.7 Å². The number of aryl methyl sites for hydroxylation is 2. The normalized spacial score (nSPS) is 18.3. The van der Waals surface area contributed by atoms with Gasteiger partial charge in [-0.05, 0) is 76.0 Å². The Labute approximate surface area is 242 Å². The van der Waals surface area contributed by atoms with Crippen molar-refractivity contribution in [2.75, 3.05) is 24.5 Å². The minimum Gasteiger partial charge on any atom is -0.479 e. The van der Waals surface area contributed by atoms with E-state index in [0.29, 0.717) is 23.6 Å². The first-order valence-electron chi connectivity index (χ1n) is 14.5. The van der Waals surface area contributed by atoms with Crippen LogP contribution in [0.3, 0.4) is 0 Å². The number of fused-ring (bicyclic) bond motifs is 1. The van der Waals surface area contributed by atoms with Crippen LogP contribution in [0.1, 0.15) is 87.5 Å². The molecule has 0 aliphatic carbocycles. The Bertz CT molecular complexity index is 1400. The zero-order valence-electron chi connectivity index (χ0n) is 25.4. The molecule has 5 rings (SSSR count). The van der Waals surface area contributed by atoms with Crippen LogP contribution in [0.25, 0.3) is 11.1 Å². The summed E-state index contributed by atoms with van der Waals surface area (Å²) in [5.41, 5.74) is 7.50. The summed E-state index contributed by atoms with van der Waals surface area (Å²) < 4.78 is 6.23. The van der Waals surface area contributed by atoms with Crippen LogP contribution in [0.2, 0.25) is 0 Å². The van der Waals surface area contributed by atoms with Gasteiger partial charge in [0.15, 0.2) is 11.9 Å². The maximum absolute atomic E-state index is 12.7. The molecule has 3 aromatic rings. The van der Waals surface area contributed by atoms with Gasteiger partial charge in [0.25, 0.3) is 0 Å². The van der Waals surface area contributed by atoms with Gasteiger partial charge in [0.1, 0.15) is 0 Å². The van der Waals surface area contributed by atoms with Crippen molar-refractivity contribution in [3.63, 3.8) is 0 Å². The predicted octanol–water partition coefficient (Wildman–Crippen LogP) is 5.00. The number of carbonyl (C=O) groups is 1. The number of piperidine rings is 1. The molecule has 41 heavy (non-hydrogen) atoms. The number of carboxylic acids is 1. The molecule has 4 heterocycles. The second-order valence-corrected chi connectivity index (χ2v) is 13.3. The van der Waals surface area contributed by atoms with Crippen molar-refractivity contribution >= 4 is 11.7 Å². The fraction of sp³-hybridized carbons (Fsp3) is 0.581. The fourth-order valence-corrected chi connectivity index (χ4v) is 6.11. The SMILES string of the molecule is Cc1nc(C)c([C@H](OC(C)(C)C)C(=O)O)c(N2CCC(C)(C)CC2)c1-c1ccc2c(c1)CCN(Cc1nn[nH]n1)C2. The second-order valence-electron chi connectivity index (χ2n) is 13.3. The summed E-state index contributed by atoms with van der Waals surface area (Å²) in [6, 6.07) is 6.65. The van der Waals surface area contributed by atoms with Gasteiger partial charge < -0.3 is 14.7 Å². The molecule has 0 unspecified atom stereocenters. The molecule has 10 heteroatoms. The molecule has 0 spiro atoms. The largest absolute Gasteiger partial charge is 0.479 e. The van der Waals surface area contributed by atoms with E-state index in [0.717, 1.165) is 67.9 Å². The number of benzene rings is 1. The third-order valence-electron chi connectivity index (χ3n) is 8.31. The molecule has 10 nitrogen and oxygen atoms in total. The van der Waals surface area contributed by atoms with Crippen molar-refractivity contribution in [1.82, 2.24) is 30.5 Å². The van der Waals surface area contributed by atoms with Gasteiger partial charge in [0.2, 0.25) is 0 Å². The lowest BCUT2D eigenvalue weighted by molar-refractivity contribution is -0.160. The molecule has 220 valence electrons. The molecule has 1 atom stereocenters. The summed E-state index contributed by atoms with van der Waals surface area (Å²) in [6.07, 6.45) is 1.85. The van der Waals surface area contributed by atoms with Crippen molar-refractivity contribution < 1.29 is 14.6 Å². The lowest BCUT2D eigenvalue weighted by Gasteiger charge is -2.41. The first-order chi connectivity index (χ1) is 19.3. The Hall–Kier alpha value is -3.37. The molecular weight excluding hydrogens is 518 g/mol. The molecule has 2 aromatic heterocycles. The molecule has 0 saturated carbocycles. The molecule has 1 saturated heterocycles. The fourth-order valence-electron chi connectivity index (χ4n) is 6.11. The van der Waals surface area contributed by atoms with Crippen LogP contribution in [0, 0.1) is 19.3 Å². The van der Waals surface area contributed by atoms with Gasteiger partial charge >= 0.3 is 5.97 Å². The Morgan fingerprint density at radius 1 is 1.12 bits per heavy atom. The molecule has 1 fully saturated rings. The molecule has 2 N–H and O–H groups in total. The first kappa shape index (κ1) is 29.1. The van der Waals surface area contributed by atoms with E-state index in [1.807, 2.05) is 34.6 Å². The number of hydrogen-bond acceptors (Lipinski definition) is 8. The number of carboxylic acid groups (broad SMARTS) is 1. The monoisotopic (exact) mass is 561 g/mol. The molecule has 2 aliphatic rings. The molecule has 0 radical (unpaired) electrons. The van der Waals surface area contributed by atoms with Crippen LogP contribution in [0.4, 0.5) is 5.69 Å². The number of hydrogen-bond donors (Lipinski definition) is 2. The van der Waals surface area contributed by atoms with Gasteiger partial charge in [0.05, 0.1) is 17.8 Å². The number of pyridine rings is 1. The van der Waals surface area contributed by atoms with Crippen molar-refractivity contribution in [2.45, 2.75) is 92.5 Å². The summed E-state index contributed by atoms with van der Waals surface area (Å²) in [4.78, 5) is 22.4. The highest BCUT2D eigenvalue weighted by molar-refractivity contribution is 5.88. The minimum atomic E-state index is -1.12. The number of anilines is 1. The van der Waals surface area contributed by atoms with Crippen LogP contribution in [-0.2, 0) is 29.0 Å². The third-order valence-corrected chi connectivity index (χ3v) is 8.31. The second kappa shape index (κ2) is 11.1. The Morgan fingerprint density at radius 3 is 2.49 bits per heavy atom. The number of aromatic amines is 1. The van der Waals surface area contributed by atoms with Crippen molar-refractivity contribution in [1.29, 1.82) is 0 Å². The standard InChI is InChI=1S/C31H43N7O3/c1-19-25(22-8-9-23-17-37(13-10-21(23)16-22)18-24-33-35-36-34-24)27(38-14-11-31(6,7)12-15-38)26(20(2)32-19)28(29(39)40)41-30(3,4)5/h8-9,16,28H,10-15,17-18H2,1-7H3,(H,39,40)(H,33,34,35,36)/t28-/m0/s1. The van der Waals surface area contributed by atoms with E-state index >= 15 is 0 Å². The molecule has 2 aliphatic heterocycles. The number of aromatic nitrogens is 5. The van der Waals surface area contributed by atoms with Gasteiger partial charge in [-0.25, -0.2) is 4.79 Å². The highest BCUT2D eigenvalue weighted by Crippen LogP contribution is 2.45. The summed E-state index contributed by atoms with van der Waals surface area (Å²) in [7, 11) is 0. The Kier molecular flexibility index (Phi) is 7.91. The molecule has 1 aromatic carbocycles. The van der Waals surface area contributed by atoms with E-state index in [4.69, 9.17) is 9.72 Å².